The molecule has 0 spiro atoms. The summed E-state index contributed by atoms with van der Waals surface area (Å²) >= 11 is 0. The van der Waals surface area contributed by atoms with Gasteiger partial charge in [0.15, 0.2) is 0 Å². The van der Waals surface area contributed by atoms with Crippen LogP contribution in [0.15, 0.2) is 18.2 Å². The third-order valence-corrected chi connectivity index (χ3v) is 2.58. The minimum Gasteiger partial charge on any atom is -0.397 e. The van der Waals surface area contributed by atoms with Crippen molar-refractivity contribution in [2.24, 2.45) is 0 Å². The number of aromatic nitrogens is 1. The summed E-state index contributed by atoms with van der Waals surface area (Å²) in [5.41, 5.74) is 10.4. The van der Waals surface area contributed by atoms with Crippen LogP contribution in [-0.4, -0.2) is 4.98 Å². The summed E-state index contributed by atoms with van der Waals surface area (Å²) in [7, 11) is 0. The van der Waals surface area contributed by atoms with Gasteiger partial charge in [-0.2, -0.15) is 0 Å². The first-order valence-corrected chi connectivity index (χ1v) is 4.59. The Bertz CT molecular complexity index is 441. The Morgan fingerprint density at radius 1 is 1.38 bits per heavy atom. The number of anilines is 1. The summed E-state index contributed by atoms with van der Waals surface area (Å²) in [5, 5.41) is 1.25. The molecule has 0 aliphatic heterocycles. The van der Waals surface area contributed by atoms with Crippen molar-refractivity contribution < 1.29 is 0 Å². The van der Waals surface area contributed by atoms with E-state index >= 15 is 0 Å². The fourth-order valence-electron chi connectivity index (χ4n) is 1.78. The lowest BCUT2D eigenvalue weighted by Crippen LogP contribution is -1.85. The number of hydrogen-bond acceptors (Lipinski definition) is 1. The SMILES string of the molecule is CCc1[nH]c2c(N)cccc2c1C. The molecule has 0 atom stereocenters. The number of nitrogens with two attached hydrogens (primary N) is 1. The number of aryl methyl sites for hydroxylation is 2. The van der Waals surface area contributed by atoms with E-state index in [1.54, 1.807) is 0 Å². The van der Waals surface area contributed by atoms with Crippen LogP contribution in [0.1, 0.15) is 18.2 Å². The molecule has 1 aromatic heterocycles. The smallest absolute Gasteiger partial charge is 0.0692 e. The Kier molecular flexibility index (Phi) is 1.76. The van der Waals surface area contributed by atoms with Crippen LogP contribution in [0.4, 0.5) is 5.69 Å². The van der Waals surface area contributed by atoms with Gasteiger partial charge in [-0.05, 0) is 25.0 Å². The van der Waals surface area contributed by atoms with Gasteiger partial charge in [0.2, 0.25) is 0 Å². The molecule has 0 amide bonds. The number of para-hydroxylation sites is 1. The van der Waals surface area contributed by atoms with Gasteiger partial charge >= 0.3 is 0 Å². The van der Waals surface area contributed by atoms with E-state index in [0.717, 1.165) is 17.6 Å². The van der Waals surface area contributed by atoms with E-state index in [2.05, 4.69) is 24.9 Å². The number of benzene rings is 1. The van der Waals surface area contributed by atoms with Gasteiger partial charge < -0.3 is 10.7 Å². The lowest BCUT2D eigenvalue weighted by molar-refractivity contribution is 1.05. The standard InChI is InChI=1S/C11H14N2/c1-3-10-7(2)8-5-4-6-9(12)11(8)13-10/h4-6,13H,3,12H2,1-2H3. The largest absolute Gasteiger partial charge is 0.397 e. The number of H-pyrrole nitrogens is 1. The van der Waals surface area contributed by atoms with Crippen LogP contribution in [0.5, 0.6) is 0 Å². The Balaban J connectivity index is 2.83. The van der Waals surface area contributed by atoms with Crippen molar-refractivity contribution in [2.45, 2.75) is 20.3 Å². The highest BCUT2D eigenvalue weighted by molar-refractivity contribution is 5.93. The molecule has 0 radical (unpaired) electrons. The van der Waals surface area contributed by atoms with Crippen molar-refractivity contribution in [3.05, 3.63) is 29.5 Å². The normalized spacial score (nSPS) is 10.9. The third kappa shape index (κ3) is 1.10. The minimum atomic E-state index is 0.834. The van der Waals surface area contributed by atoms with E-state index in [4.69, 9.17) is 5.73 Å². The molecule has 2 nitrogen and oxygen atoms in total. The van der Waals surface area contributed by atoms with Crippen LogP contribution in [0, 0.1) is 6.92 Å². The molecule has 0 bridgehead atoms. The zero-order chi connectivity index (χ0) is 9.42. The molecule has 0 aliphatic rings. The molecular formula is C11H14N2. The molecule has 2 rings (SSSR count). The number of hydrogen-bond donors (Lipinski definition) is 2. The first-order valence-electron chi connectivity index (χ1n) is 4.59. The zero-order valence-electron chi connectivity index (χ0n) is 8.02. The van der Waals surface area contributed by atoms with E-state index in [1.807, 2.05) is 12.1 Å². The van der Waals surface area contributed by atoms with E-state index in [1.165, 1.54) is 16.6 Å². The van der Waals surface area contributed by atoms with Gasteiger partial charge in [0.05, 0.1) is 11.2 Å². The summed E-state index contributed by atoms with van der Waals surface area (Å²) in [6.07, 6.45) is 1.03. The minimum absolute atomic E-state index is 0.834. The summed E-state index contributed by atoms with van der Waals surface area (Å²) in [6, 6.07) is 6.03. The summed E-state index contributed by atoms with van der Waals surface area (Å²) in [5.74, 6) is 0. The third-order valence-electron chi connectivity index (χ3n) is 2.58. The number of fused-ring (bicyclic) bond motifs is 1. The van der Waals surface area contributed by atoms with Gasteiger partial charge in [-0.15, -0.1) is 0 Å². The summed E-state index contributed by atoms with van der Waals surface area (Å²) in [6.45, 7) is 4.28. The van der Waals surface area contributed by atoms with Gasteiger partial charge in [0, 0.05) is 11.1 Å². The molecule has 1 aromatic carbocycles. The number of nitrogens with one attached hydrogen (secondary N) is 1. The molecule has 2 aromatic rings. The van der Waals surface area contributed by atoms with Crippen LogP contribution in [0.25, 0.3) is 10.9 Å². The molecule has 13 heavy (non-hydrogen) atoms. The van der Waals surface area contributed by atoms with E-state index in [0.29, 0.717) is 0 Å². The highest BCUT2D eigenvalue weighted by atomic mass is 14.8. The molecule has 0 unspecified atom stereocenters. The maximum atomic E-state index is 5.86. The zero-order valence-corrected chi connectivity index (χ0v) is 8.02. The molecule has 0 saturated heterocycles. The van der Waals surface area contributed by atoms with Gasteiger partial charge in [-0.25, -0.2) is 0 Å². The van der Waals surface area contributed by atoms with Gasteiger partial charge in [-0.3, -0.25) is 0 Å². The van der Waals surface area contributed by atoms with Crippen molar-refractivity contribution in [1.29, 1.82) is 0 Å². The molecular weight excluding hydrogens is 160 g/mol. The molecule has 3 N–H and O–H groups in total. The molecule has 0 saturated carbocycles. The van der Waals surface area contributed by atoms with Crippen LogP contribution in [0.2, 0.25) is 0 Å². The maximum Gasteiger partial charge on any atom is 0.0692 e. The predicted octanol–water partition coefficient (Wildman–Crippen LogP) is 2.62. The highest BCUT2D eigenvalue weighted by Gasteiger charge is 2.06. The second-order valence-electron chi connectivity index (χ2n) is 3.35. The second-order valence-corrected chi connectivity index (χ2v) is 3.35. The first-order chi connectivity index (χ1) is 6.24. The van der Waals surface area contributed by atoms with Crippen LogP contribution in [0.3, 0.4) is 0 Å². The highest BCUT2D eigenvalue weighted by Crippen LogP contribution is 2.25. The van der Waals surface area contributed by atoms with E-state index in [-0.39, 0.29) is 0 Å². The number of nitrogen functional groups attached to an aromatic ring is 1. The fraction of sp³-hybridized carbons (Fsp3) is 0.273. The van der Waals surface area contributed by atoms with Crippen LogP contribution >= 0.6 is 0 Å². The van der Waals surface area contributed by atoms with Crippen molar-refractivity contribution in [3.63, 3.8) is 0 Å². The summed E-state index contributed by atoms with van der Waals surface area (Å²) < 4.78 is 0. The average molecular weight is 174 g/mol. The molecule has 1 heterocycles. The first kappa shape index (κ1) is 8.17. The van der Waals surface area contributed by atoms with Gasteiger partial charge in [0.1, 0.15) is 0 Å². The monoisotopic (exact) mass is 174 g/mol. The Morgan fingerprint density at radius 3 is 2.77 bits per heavy atom. The van der Waals surface area contributed by atoms with Crippen LogP contribution < -0.4 is 5.73 Å². The van der Waals surface area contributed by atoms with E-state index < -0.39 is 0 Å². The van der Waals surface area contributed by atoms with Gasteiger partial charge in [0.25, 0.3) is 0 Å². The van der Waals surface area contributed by atoms with Crippen molar-refractivity contribution in [3.8, 4) is 0 Å². The van der Waals surface area contributed by atoms with Crippen molar-refractivity contribution in [2.75, 3.05) is 5.73 Å². The molecule has 0 aliphatic carbocycles. The lowest BCUT2D eigenvalue weighted by atomic mass is 10.1. The predicted molar refractivity (Wildman–Crippen MR) is 56.8 cm³/mol. The average Bonchev–Trinajstić information content (AvgIpc) is 2.45. The van der Waals surface area contributed by atoms with Crippen molar-refractivity contribution in [1.82, 2.24) is 4.98 Å². The van der Waals surface area contributed by atoms with Gasteiger partial charge in [-0.1, -0.05) is 19.1 Å². The second kappa shape index (κ2) is 2.80. The Hall–Kier alpha value is -1.44. The lowest BCUT2D eigenvalue weighted by Gasteiger charge is -1.94. The molecule has 2 heteroatoms. The fourth-order valence-corrected chi connectivity index (χ4v) is 1.78. The Labute approximate surface area is 77.8 Å². The molecule has 68 valence electrons. The number of rotatable bonds is 1. The topological polar surface area (TPSA) is 41.8 Å². The van der Waals surface area contributed by atoms with E-state index in [9.17, 15) is 0 Å². The number of aromatic amines is 1. The Morgan fingerprint density at radius 2 is 2.15 bits per heavy atom. The van der Waals surface area contributed by atoms with Crippen LogP contribution in [-0.2, 0) is 6.42 Å². The van der Waals surface area contributed by atoms with Crippen molar-refractivity contribution >= 4 is 16.6 Å². The summed E-state index contributed by atoms with van der Waals surface area (Å²) in [4.78, 5) is 3.36. The molecule has 0 fully saturated rings. The maximum absolute atomic E-state index is 5.86. The quantitative estimate of drug-likeness (QED) is 0.641.